The molecule has 0 aliphatic carbocycles. The van der Waals surface area contributed by atoms with Gasteiger partial charge in [0.2, 0.25) is 0 Å². The fraction of sp³-hybridized carbons (Fsp3) is 0.304. The van der Waals surface area contributed by atoms with Crippen LogP contribution in [0.3, 0.4) is 0 Å². The van der Waals surface area contributed by atoms with Crippen LogP contribution in [-0.2, 0) is 6.54 Å². The maximum atomic E-state index is 12.3. The van der Waals surface area contributed by atoms with E-state index >= 15 is 0 Å². The SMILES string of the molecule is COc1ccc2c(ccn2CCCCCCN2C(=O)c3ccccc3C2=O)c1. The molecule has 5 nitrogen and oxygen atoms in total. The van der Waals surface area contributed by atoms with Crippen LogP contribution in [0.5, 0.6) is 5.75 Å². The molecule has 0 radical (unpaired) electrons. The second kappa shape index (κ2) is 7.89. The zero-order valence-electron chi connectivity index (χ0n) is 16.1. The average Bonchev–Trinajstić information content (AvgIpc) is 3.24. The summed E-state index contributed by atoms with van der Waals surface area (Å²) >= 11 is 0. The van der Waals surface area contributed by atoms with Gasteiger partial charge in [-0.1, -0.05) is 25.0 Å². The predicted molar refractivity (Wildman–Crippen MR) is 109 cm³/mol. The minimum atomic E-state index is -0.158. The number of rotatable bonds is 8. The van der Waals surface area contributed by atoms with E-state index in [1.54, 1.807) is 31.4 Å². The molecule has 2 amide bonds. The highest BCUT2D eigenvalue weighted by Crippen LogP contribution is 2.24. The Hall–Kier alpha value is -3.08. The van der Waals surface area contributed by atoms with E-state index in [4.69, 9.17) is 4.74 Å². The van der Waals surface area contributed by atoms with Gasteiger partial charge in [-0.3, -0.25) is 14.5 Å². The van der Waals surface area contributed by atoms with Crippen molar-refractivity contribution in [3.05, 3.63) is 65.9 Å². The van der Waals surface area contributed by atoms with Gasteiger partial charge in [0, 0.05) is 30.2 Å². The Labute approximate surface area is 164 Å². The average molecular weight is 376 g/mol. The third kappa shape index (κ3) is 3.40. The number of nitrogens with zero attached hydrogens (tertiary/aromatic N) is 2. The summed E-state index contributed by atoms with van der Waals surface area (Å²) in [6, 6.07) is 15.3. The molecule has 1 aromatic heterocycles. The number of carbonyl (C=O) groups is 2. The number of amides is 2. The summed E-state index contributed by atoms with van der Waals surface area (Å²) in [6.07, 6.45) is 6.09. The van der Waals surface area contributed by atoms with Crippen molar-refractivity contribution in [2.75, 3.05) is 13.7 Å². The smallest absolute Gasteiger partial charge is 0.261 e. The summed E-state index contributed by atoms with van der Waals surface area (Å²) in [5.41, 5.74) is 2.28. The maximum absolute atomic E-state index is 12.3. The third-order valence-corrected chi connectivity index (χ3v) is 5.39. The predicted octanol–water partition coefficient (Wildman–Crippen LogP) is 4.51. The molecular formula is C23H24N2O3. The lowest BCUT2D eigenvalue weighted by molar-refractivity contribution is 0.0651. The van der Waals surface area contributed by atoms with E-state index in [1.165, 1.54) is 15.8 Å². The van der Waals surface area contributed by atoms with Gasteiger partial charge in [-0.15, -0.1) is 0 Å². The number of aryl methyl sites for hydroxylation is 1. The van der Waals surface area contributed by atoms with Crippen LogP contribution in [0.15, 0.2) is 54.7 Å². The molecule has 0 unspecified atom stereocenters. The highest BCUT2D eigenvalue weighted by Gasteiger charge is 2.34. The third-order valence-electron chi connectivity index (χ3n) is 5.39. The molecule has 0 saturated carbocycles. The van der Waals surface area contributed by atoms with Gasteiger partial charge in [-0.05, 0) is 49.2 Å². The summed E-state index contributed by atoms with van der Waals surface area (Å²) in [5.74, 6) is 0.558. The maximum Gasteiger partial charge on any atom is 0.261 e. The van der Waals surface area contributed by atoms with Crippen molar-refractivity contribution in [1.29, 1.82) is 0 Å². The van der Waals surface area contributed by atoms with Gasteiger partial charge in [-0.2, -0.15) is 0 Å². The summed E-state index contributed by atoms with van der Waals surface area (Å²) < 4.78 is 7.54. The number of fused-ring (bicyclic) bond motifs is 2. The molecule has 28 heavy (non-hydrogen) atoms. The molecule has 0 bridgehead atoms. The van der Waals surface area contributed by atoms with Crippen molar-refractivity contribution in [1.82, 2.24) is 9.47 Å². The lowest BCUT2D eigenvalue weighted by Crippen LogP contribution is -2.30. The Morgan fingerprint density at radius 3 is 2.18 bits per heavy atom. The second-order valence-electron chi connectivity index (χ2n) is 7.16. The molecule has 0 atom stereocenters. The first kappa shape index (κ1) is 18.3. The van der Waals surface area contributed by atoms with E-state index in [2.05, 4.69) is 22.9 Å². The first-order valence-corrected chi connectivity index (χ1v) is 9.77. The lowest BCUT2D eigenvalue weighted by atomic mass is 10.1. The number of methoxy groups -OCH3 is 1. The summed E-state index contributed by atoms with van der Waals surface area (Å²) in [6.45, 7) is 1.46. The molecule has 0 spiro atoms. The van der Waals surface area contributed by atoms with Crippen molar-refractivity contribution < 1.29 is 14.3 Å². The minimum Gasteiger partial charge on any atom is -0.497 e. The number of hydrogen-bond donors (Lipinski definition) is 0. The first-order valence-electron chi connectivity index (χ1n) is 9.77. The van der Waals surface area contributed by atoms with Gasteiger partial charge < -0.3 is 9.30 Å². The number of benzene rings is 2. The first-order chi connectivity index (χ1) is 13.7. The number of carbonyl (C=O) groups excluding carboxylic acids is 2. The van der Waals surface area contributed by atoms with Crippen molar-refractivity contribution in [3.63, 3.8) is 0 Å². The molecule has 0 fully saturated rings. The van der Waals surface area contributed by atoms with Crippen LogP contribution in [0.25, 0.3) is 10.9 Å². The molecule has 2 heterocycles. The van der Waals surface area contributed by atoms with Gasteiger partial charge >= 0.3 is 0 Å². The van der Waals surface area contributed by atoms with E-state index in [9.17, 15) is 9.59 Å². The van der Waals surface area contributed by atoms with Crippen LogP contribution in [0, 0.1) is 0 Å². The molecule has 144 valence electrons. The highest BCUT2D eigenvalue weighted by atomic mass is 16.5. The molecule has 2 aromatic carbocycles. The number of aromatic nitrogens is 1. The van der Waals surface area contributed by atoms with Crippen LogP contribution in [0.2, 0.25) is 0 Å². The lowest BCUT2D eigenvalue weighted by Gasteiger charge is -2.13. The molecule has 5 heteroatoms. The van der Waals surface area contributed by atoms with Crippen molar-refractivity contribution in [2.24, 2.45) is 0 Å². The van der Waals surface area contributed by atoms with Gasteiger partial charge in [0.05, 0.1) is 18.2 Å². The zero-order chi connectivity index (χ0) is 19.5. The Kier molecular flexibility index (Phi) is 5.15. The van der Waals surface area contributed by atoms with Crippen molar-refractivity contribution in [2.45, 2.75) is 32.2 Å². The Balaban J connectivity index is 1.23. The van der Waals surface area contributed by atoms with E-state index < -0.39 is 0 Å². The zero-order valence-corrected chi connectivity index (χ0v) is 16.1. The topological polar surface area (TPSA) is 51.5 Å². The van der Waals surface area contributed by atoms with Gasteiger partial charge in [-0.25, -0.2) is 0 Å². The van der Waals surface area contributed by atoms with Crippen LogP contribution in [0.1, 0.15) is 46.4 Å². The van der Waals surface area contributed by atoms with Gasteiger partial charge in [0.1, 0.15) is 5.75 Å². The van der Waals surface area contributed by atoms with Crippen LogP contribution in [0.4, 0.5) is 0 Å². The Bertz CT molecular complexity index is 987. The van der Waals surface area contributed by atoms with Crippen molar-refractivity contribution >= 4 is 22.7 Å². The molecule has 1 aliphatic heterocycles. The van der Waals surface area contributed by atoms with E-state index in [0.29, 0.717) is 17.7 Å². The Morgan fingerprint density at radius 2 is 1.50 bits per heavy atom. The number of unbranched alkanes of at least 4 members (excludes halogenated alkanes) is 3. The molecule has 1 aliphatic rings. The highest BCUT2D eigenvalue weighted by molar-refractivity contribution is 6.21. The van der Waals surface area contributed by atoms with Crippen LogP contribution in [-0.4, -0.2) is 34.9 Å². The summed E-state index contributed by atoms with van der Waals surface area (Å²) in [4.78, 5) is 26.1. The number of ether oxygens (including phenoxy) is 1. The number of imide groups is 1. The monoisotopic (exact) mass is 376 g/mol. The van der Waals surface area contributed by atoms with Gasteiger partial charge in [0.25, 0.3) is 11.8 Å². The summed E-state index contributed by atoms with van der Waals surface area (Å²) in [5, 5.41) is 1.19. The number of hydrogen-bond acceptors (Lipinski definition) is 3. The molecule has 0 saturated heterocycles. The fourth-order valence-electron chi connectivity index (χ4n) is 3.85. The van der Waals surface area contributed by atoms with E-state index in [1.807, 2.05) is 12.1 Å². The van der Waals surface area contributed by atoms with Crippen molar-refractivity contribution in [3.8, 4) is 5.75 Å². The van der Waals surface area contributed by atoms with Crippen LogP contribution >= 0.6 is 0 Å². The Morgan fingerprint density at radius 1 is 0.821 bits per heavy atom. The fourth-order valence-corrected chi connectivity index (χ4v) is 3.85. The van der Waals surface area contributed by atoms with Gasteiger partial charge in [0.15, 0.2) is 0 Å². The largest absolute Gasteiger partial charge is 0.497 e. The molecule has 3 aromatic rings. The molecular weight excluding hydrogens is 352 g/mol. The van der Waals surface area contributed by atoms with E-state index in [0.717, 1.165) is 38.0 Å². The second-order valence-corrected chi connectivity index (χ2v) is 7.16. The standard InChI is InChI=1S/C23H24N2O3/c1-28-18-10-11-21-17(16-18)12-15-24(21)13-6-2-3-7-14-25-22(26)19-8-4-5-9-20(19)23(25)27/h4-5,8-12,15-16H,2-3,6-7,13-14H2,1H3. The summed E-state index contributed by atoms with van der Waals surface area (Å²) in [7, 11) is 1.68. The normalized spacial score (nSPS) is 13.4. The van der Waals surface area contributed by atoms with E-state index in [-0.39, 0.29) is 11.8 Å². The minimum absolute atomic E-state index is 0.158. The molecule has 4 rings (SSSR count). The van der Waals surface area contributed by atoms with Crippen LogP contribution < -0.4 is 4.74 Å². The quantitative estimate of drug-likeness (QED) is 0.429. The molecule has 0 N–H and O–H groups in total.